The highest BCUT2D eigenvalue weighted by Gasteiger charge is 2.37. The molecular weight excluding hydrogens is 259 g/mol. The lowest BCUT2D eigenvalue weighted by Crippen LogP contribution is -2.38. The molecular formula is C13H14F3NO2. The molecule has 0 aliphatic carbocycles. The number of aliphatic hydroxyl groups is 1. The summed E-state index contributed by atoms with van der Waals surface area (Å²) in [5.74, 6) is -0.663. The zero-order chi connectivity index (χ0) is 14.0. The lowest BCUT2D eigenvalue weighted by Gasteiger charge is -2.24. The van der Waals surface area contributed by atoms with Crippen molar-refractivity contribution >= 4 is 5.91 Å². The number of amides is 1. The number of benzene rings is 1. The van der Waals surface area contributed by atoms with E-state index in [4.69, 9.17) is 5.11 Å². The van der Waals surface area contributed by atoms with Crippen LogP contribution in [0, 0.1) is 0 Å². The highest BCUT2D eigenvalue weighted by atomic mass is 19.4. The summed E-state index contributed by atoms with van der Waals surface area (Å²) in [5, 5.41) is 9.15. The van der Waals surface area contributed by atoms with E-state index >= 15 is 0 Å². The van der Waals surface area contributed by atoms with Gasteiger partial charge in [-0.1, -0.05) is 12.1 Å². The van der Waals surface area contributed by atoms with Crippen LogP contribution in [0.4, 0.5) is 13.2 Å². The van der Waals surface area contributed by atoms with Crippen molar-refractivity contribution in [2.75, 3.05) is 13.2 Å². The molecule has 6 heteroatoms. The van der Waals surface area contributed by atoms with Crippen molar-refractivity contribution in [3.8, 4) is 0 Å². The molecule has 3 nitrogen and oxygen atoms in total. The summed E-state index contributed by atoms with van der Waals surface area (Å²) in [5.41, 5.74) is -1.28. The molecule has 1 unspecified atom stereocenters. The molecule has 1 aliphatic heterocycles. The smallest absolute Gasteiger partial charge is 0.394 e. The van der Waals surface area contributed by atoms with Gasteiger partial charge in [0.15, 0.2) is 0 Å². The topological polar surface area (TPSA) is 40.5 Å². The summed E-state index contributed by atoms with van der Waals surface area (Å²) < 4.78 is 38.6. The number of nitrogens with zero attached hydrogens (tertiary/aromatic N) is 1. The Kier molecular flexibility index (Phi) is 3.80. The summed E-state index contributed by atoms with van der Waals surface area (Å²) >= 11 is 0. The van der Waals surface area contributed by atoms with Gasteiger partial charge in [0.1, 0.15) is 0 Å². The summed E-state index contributed by atoms with van der Waals surface area (Å²) in [7, 11) is 0. The number of aliphatic hydroxyl groups excluding tert-OH is 1. The van der Waals surface area contributed by atoms with Gasteiger partial charge in [0.25, 0.3) is 5.91 Å². The van der Waals surface area contributed by atoms with E-state index < -0.39 is 17.6 Å². The van der Waals surface area contributed by atoms with Crippen molar-refractivity contribution < 1.29 is 23.1 Å². The third-order valence-electron chi connectivity index (χ3n) is 3.31. The zero-order valence-electron chi connectivity index (χ0n) is 10.2. The number of hydrogen-bond donors (Lipinski definition) is 1. The minimum Gasteiger partial charge on any atom is -0.394 e. The predicted molar refractivity (Wildman–Crippen MR) is 62.6 cm³/mol. The van der Waals surface area contributed by atoms with Gasteiger partial charge in [-0.3, -0.25) is 4.79 Å². The highest BCUT2D eigenvalue weighted by molar-refractivity contribution is 5.96. The molecule has 0 bridgehead atoms. The van der Waals surface area contributed by atoms with Gasteiger partial charge < -0.3 is 10.0 Å². The fourth-order valence-corrected chi connectivity index (χ4v) is 2.36. The highest BCUT2D eigenvalue weighted by Crippen LogP contribution is 2.33. The summed E-state index contributed by atoms with van der Waals surface area (Å²) in [6.07, 6.45) is -3.23. The number of carbonyl (C=O) groups excluding carboxylic acids is 1. The van der Waals surface area contributed by atoms with Crippen molar-refractivity contribution in [2.45, 2.75) is 25.1 Å². The van der Waals surface area contributed by atoms with Gasteiger partial charge >= 0.3 is 6.18 Å². The van der Waals surface area contributed by atoms with E-state index in [2.05, 4.69) is 0 Å². The first-order chi connectivity index (χ1) is 8.95. The van der Waals surface area contributed by atoms with Crippen LogP contribution in [0.15, 0.2) is 24.3 Å². The molecule has 1 fully saturated rings. The van der Waals surface area contributed by atoms with E-state index in [0.717, 1.165) is 6.07 Å². The minimum absolute atomic E-state index is 0.222. The van der Waals surface area contributed by atoms with Crippen molar-refractivity contribution in [1.82, 2.24) is 4.90 Å². The quantitative estimate of drug-likeness (QED) is 0.898. The van der Waals surface area contributed by atoms with Crippen LogP contribution < -0.4 is 0 Å². The normalized spacial score (nSPS) is 19.8. The van der Waals surface area contributed by atoms with Gasteiger partial charge in [0, 0.05) is 6.54 Å². The standard InChI is InChI=1S/C13H14F3NO2/c14-13(15,16)11-6-2-1-5-10(11)12(19)17-7-3-4-9(17)8-18/h1-2,5-6,9,18H,3-4,7-8H2. The van der Waals surface area contributed by atoms with E-state index in [1.807, 2.05) is 0 Å². The van der Waals surface area contributed by atoms with Crippen LogP contribution in [0.5, 0.6) is 0 Å². The first-order valence-electron chi connectivity index (χ1n) is 6.03. The lowest BCUT2D eigenvalue weighted by molar-refractivity contribution is -0.138. The van der Waals surface area contributed by atoms with Crippen molar-refractivity contribution in [3.05, 3.63) is 35.4 Å². The van der Waals surface area contributed by atoms with Crippen molar-refractivity contribution in [1.29, 1.82) is 0 Å². The fourth-order valence-electron chi connectivity index (χ4n) is 2.36. The van der Waals surface area contributed by atoms with E-state index in [9.17, 15) is 18.0 Å². The van der Waals surface area contributed by atoms with E-state index in [1.165, 1.54) is 23.1 Å². The number of carbonyl (C=O) groups is 1. The Morgan fingerprint density at radius 2 is 2.05 bits per heavy atom. The zero-order valence-corrected chi connectivity index (χ0v) is 10.2. The van der Waals surface area contributed by atoms with E-state index in [0.29, 0.717) is 19.4 Å². The summed E-state index contributed by atoms with van der Waals surface area (Å²) in [6, 6.07) is 4.36. The Balaban J connectivity index is 2.34. The van der Waals surface area contributed by atoms with Gasteiger partial charge in [-0.25, -0.2) is 0 Å². The molecule has 1 aliphatic rings. The number of hydrogen-bond acceptors (Lipinski definition) is 2. The number of rotatable bonds is 2. The molecule has 1 saturated heterocycles. The fraction of sp³-hybridized carbons (Fsp3) is 0.462. The number of alkyl halides is 3. The lowest BCUT2D eigenvalue weighted by atomic mass is 10.1. The Morgan fingerprint density at radius 1 is 1.37 bits per heavy atom. The Labute approximate surface area is 108 Å². The van der Waals surface area contributed by atoms with Crippen LogP contribution in [0.2, 0.25) is 0 Å². The number of likely N-dealkylation sites (tertiary alicyclic amines) is 1. The first kappa shape index (κ1) is 13.9. The second kappa shape index (κ2) is 5.21. The molecule has 104 valence electrons. The molecule has 1 heterocycles. The summed E-state index contributed by atoms with van der Waals surface area (Å²) in [4.78, 5) is 13.5. The second-order valence-electron chi connectivity index (χ2n) is 4.52. The molecule has 0 saturated carbocycles. The van der Waals surface area contributed by atoms with Gasteiger partial charge in [-0.15, -0.1) is 0 Å². The molecule has 19 heavy (non-hydrogen) atoms. The van der Waals surface area contributed by atoms with Crippen LogP contribution in [-0.4, -0.2) is 35.1 Å². The molecule has 2 rings (SSSR count). The van der Waals surface area contributed by atoms with Crippen LogP contribution in [0.1, 0.15) is 28.8 Å². The number of halogens is 3. The molecule has 1 aromatic carbocycles. The Bertz CT molecular complexity index is 473. The van der Waals surface area contributed by atoms with Crippen LogP contribution in [0.3, 0.4) is 0 Å². The molecule has 0 spiro atoms. The Hall–Kier alpha value is -1.56. The van der Waals surface area contributed by atoms with Gasteiger partial charge in [0.2, 0.25) is 0 Å². The van der Waals surface area contributed by atoms with Gasteiger partial charge in [-0.2, -0.15) is 13.2 Å². The average molecular weight is 273 g/mol. The third-order valence-corrected chi connectivity index (χ3v) is 3.31. The summed E-state index contributed by atoms with van der Waals surface area (Å²) in [6.45, 7) is 0.163. The largest absolute Gasteiger partial charge is 0.417 e. The maximum Gasteiger partial charge on any atom is 0.417 e. The molecule has 1 atom stereocenters. The monoisotopic (exact) mass is 273 g/mol. The van der Waals surface area contributed by atoms with Crippen molar-refractivity contribution in [3.63, 3.8) is 0 Å². The minimum atomic E-state index is -4.55. The first-order valence-corrected chi connectivity index (χ1v) is 6.03. The van der Waals surface area contributed by atoms with Crippen LogP contribution in [-0.2, 0) is 6.18 Å². The Morgan fingerprint density at radius 3 is 2.68 bits per heavy atom. The van der Waals surface area contributed by atoms with Crippen LogP contribution >= 0.6 is 0 Å². The van der Waals surface area contributed by atoms with E-state index in [-0.39, 0.29) is 18.2 Å². The molecule has 0 radical (unpaired) electrons. The molecule has 0 aromatic heterocycles. The molecule has 1 amide bonds. The van der Waals surface area contributed by atoms with Crippen molar-refractivity contribution in [2.24, 2.45) is 0 Å². The maximum atomic E-state index is 12.9. The average Bonchev–Trinajstić information content (AvgIpc) is 2.85. The van der Waals surface area contributed by atoms with Crippen LogP contribution in [0.25, 0.3) is 0 Å². The SMILES string of the molecule is O=C(c1ccccc1C(F)(F)F)N1CCCC1CO. The second-order valence-corrected chi connectivity index (χ2v) is 4.52. The van der Waals surface area contributed by atoms with Gasteiger partial charge in [0.05, 0.1) is 23.8 Å². The molecule has 1 N–H and O–H groups in total. The third kappa shape index (κ3) is 2.73. The van der Waals surface area contributed by atoms with Gasteiger partial charge in [-0.05, 0) is 25.0 Å². The predicted octanol–water partition coefficient (Wildman–Crippen LogP) is 2.30. The molecule has 1 aromatic rings. The van der Waals surface area contributed by atoms with E-state index in [1.54, 1.807) is 0 Å². The maximum absolute atomic E-state index is 12.9.